The van der Waals surface area contributed by atoms with Crippen molar-refractivity contribution in [1.82, 2.24) is 9.97 Å². The topological polar surface area (TPSA) is 55.0 Å². The van der Waals surface area contributed by atoms with E-state index in [-0.39, 0.29) is 0 Å². The first-order chi connectivity index (χ1) is 9.17. The molecule has 1 aliphatic carbocycles. The fraction of sp³-hybridized carbons (Fsp3) is 0.733. The predicted octanol–water partition coefficient (Wildman–Crippen LogP) is 1.91. The van der Waals surface area contributed by atoms with Crippen LogP contribution in [0.25, 0.3) is 0 Å². The van der Waals surface area contributed by atoms with Crippen molar-refractivity contribution in [3.05, 3.63) is 17.6 Å². The SMILES string of the molecule is CCc1cc(N2CC3CCCC(N)C3C2)nc(C)n1. The minimum Gasteiger partial charge on any atom is -0.356 e. The van der Waals surface area contributed by atoms with Crippen molar-refractivity contribution in [3.8, 4) is 0 Å². The number of nitrogens with two attached hydrogens (primary N) is 1. The molecule has 1 aromatic heterocycles. The molecule has 0 radical (unpaired) electrons. The number of aromatic nitrogens is 2. The van der Waals surface area contributed by atoms with Crippen LogP contribution in [0.5, 0.6) is 0 Å². The lowest BCUT2D eigenvalue weighted by molar-refractivity contribution is 0.260. The van der Waals surface area contributed by atoms with E-state index in [1.165, 1.54) is 19.3 Å². The average molecular weight is 260 g/mol. The lowest BCUT2D eigenvalue weighted by atomic mass is 9.78. The lowest BCUT2D eigenvalue weighted by Gasteiger charge is -2.29. The Kier molecular flexibility index (Phi) is 3.44. The van der Waals surface area contributed by atoms with Gasteiger partial charge in [-0.05, 0) is 38.0 Å². The van der Waals surface area contributed by atoms with Crippen molar-refractivity contribution in [3.63, 3.8) is 0 Å². The van der Waals surface area contributed by atoms with Gasteiger partial charge in [-0.15, -0.1) is 0 Å². The molecular formula is C15H24N4. The molecule has 2 aliphatic rings. The van der Waals surface area contributed by atoms with Gasteiger partial charge in [0, 0.05) is 30.9 Å². The summed E-state index contributed by atoms with van der Waals surface area (Å²) < 4.78 is 0. The van der Waals surface area contributed by atoms with Crippen LogP contribution in [-0.2, 0) is 6.42 Å². The molecule has 3 rings (SSSR count). The Hall–Kier alpha value is -1.16. The Morgan fingerprint density at radius 2 is 2.16 bits per heavy atom. The molecule has 0 spiro atoms. The second kappa shape index (κ2) is 5.08. The quantitative estimate of drug-likeness (QED) is 0.882. The molecule has 19 heavy (non-hydrogen) atoms. The second-order valence-electron chi connectivity index (χ2n) is 6.04. The molecule has 0 amide bonds. The van der Waals surface area contributed by atoms with Gasteiger partial charge in [-0.2, -0.15) is 0 Å². The van der Waals surface area contributed by atoms with Crippen LogP contribution < -0.4 is 10.6 Å². The van der Waals surface area contributed by atoms with Crippen molar-refractivity contribution in [2.24, 2.45) is 17.6 Å². The predicted molar refractivity (Wildman–Crippen MR) is 77.2 cm³/mol. The van der Waals surface area contributed by atoms with Gasteiger partial charge >= 0.3 is 0 Å². The molecule has 2 fully saturated rings. The molecule has 4 heteroatoms. The minimum absolute atomic E-state index is 0.386. The van der Waals surface area contributed by atoms with E-state index in [4.69, 9.17) is 5.73 Å². The van der Waals surface area contributed by atoms with E-state index in [9.17, 15) is 0 Å². The van der Waals surface area contributed by atoms with Crippen LogP contribution in [0, 0.1) is 18.8 Å². The third-order valence-electron chi connectivity index (χ3n) is 4.72. The van der Waals surface area contributed by atoms with E-state index < -0.39 is 0 Å². The third kappa shape index (κ3) is 2.46. The Bertz CT molecular complexity index is 459. The van der Waals surface area contributed by atoms with E-state index in [0.29, 0.717) is 12.0 Å². The van der Waals surface area contributed by atoms with Crippen molar-refractivity contribution in [1.29, 1.82) is 0 Å². The molecule has 0 bridgehead atoms. The molecule has 1 aliphatic heterocycles. The number of fused-ring (bicyclic) bond motifs is 1. The molecule has 104 valence electrons. The number of anilines is 1. The summed E-state index contributed by atoms with van der Waals surface area (Å²) in [5.41, 5.74) is 7.43. The molecule has 2 heterocycles. The monoisotopic (exact) mass is 260 g/mol. The average Bonchev–Trinajstić information content (AvgIpc) is 2.83. The zero-order chi connectivity index (χ0) is 13.4. The molecule has 1 saturated carbocycles. The number of hydrogen-bond donors (Lipinski definition) is 1. The summed E-state index contributed by atoms with van der Waals surface area (Å²) in [5.74, 6) is 3.41. The molecule has 4 nitrogen and oxygen atoms in total. The van der Waals surface area contributed by atoms with E-state index in [1.54, 1.807) is 0 Å². The van der Waals surface area contributed by atoms with Gasteiger partial charge < -0.3 is 10.6 Å². The maximum absolute atomic E-state index is 6.29. The van der Waals surface area contributed by atoms with Crippen LogP contribution >= 0.6 is 0 Å². The summed E-state index contributed by atoms with van der Waals surface area (Å²) in [6.45, 7) is 6.33. The highest BCUT2D eigenvalue weighted by Gasteiger charge is 2.39. The van der Waals surface area contributed by atoms with Gasteiger partial charge in [-0.1, -0.05) is 13.3 Å². The highest BCUT2D eigenvalue weighted by atomic mass is 15.2. The summed E-state index contributed by atoms with van der Waals surface area (Å²) in [5, 5.41) is 0. The summed E-state index contributed by atoms with van der Waals surface area (Å²) in [6, 6.07) is 2.54. The summed E-state index contributed by atoms with van der Waals surface area (Å²) in [6.07, 6.45) is 4.79. The standard InChI is InChI=1S/C15H24N4/c1-3-12-7-15(18-10(2)17-12)19-8-11-5-4-6-14(16)13(11)9-19/h7,11,13-14H,3-6,8-9,16H2,1-2H3. The minimum atomic E-state index is 0.386. The van der Waals surface area contributed by atoms with Crippen molar-refractivity contribution >= 4 is 5.82 Å². The zero-order valence-electron chi connectivity index (χ0n) is 12.0. The first-order valence-corrected chi connectivity index (χ1v) is 7.52. The number of hydrogen-bond acceptors (Lipinski definition) is 4. The van der Waals surface area contributed by atoms with Crippen molar-refractivity contribution in [2.75, 3.05) is 18.0 Å². The van der Waals surface area contributed by atoms with Gasteiger partial charge in [-0.3, -0.25) is 0 Å². The molecule has 3 unspecified atom stereocenters. The van der Waals surface area contributed by atoms with E-state index in [2.05, 4.69) is 27.9 Å². The molecule has 0 aromatic carbocycles. The summed E-state index contributed by atoms with van der Waals surface area (Å²) in [7, 11) is 0. The summed E-state index contributed by atoms with van der Waals surface area (Å²) in [4.78, 5) is 11.5. The third-order valence-corrected chi connectivity index (χ3v) is 4.72. The van der Waals surface area contributed by atoms with Crippen LogP contribution in [0.3, 0.4) is 0 Å². The molecule has 3 atom stereocenters. The Labute approximate surface area is 115 Å². The van der Waals surface area contributed by atoms with E-state index in [0.717, 1.165) is 42.8 Å². The highest BCUT2D eigenvalue weighted by Crippen LogP contribution is 2.37. The fourth-order valence-corrected chi connectivity index (χ4v) is 3.66. The first kappa shape index (κ1) is 12.9. The van der Waals surface area contributed by atoms with Crippen LogP contribution in [0.15, 0.2) is 6.07 Å². The van der Waals surface area contributed by atoms with Gasteiger partial charge in [0.15, 0.2) is 0 Å². The van der Waals surface area contributed by atoms with Gasteiger partial charge in [-0.25, -0.2) is 9.97 Å². The largest absolute Gasteiger partial charge is 0.356 e. The van der Waals surface area contributed by atoms with Crippen molar-refractivity contribution in [2.45, 2.75) is 45.6 Å². The van der Waals surface area contributed by atoms with Gasteiger partial charge in [0.05, 0.1) is 0 Å². The Morgan fingerprint density at radius 3 is 2.89 bits per heavy atom. The van der Waals surface area contributed by atoms with Crippen LogP contribution in [0.1, 0.15) is 37.7 Å². The highest BCUT2D eigenvalue weighted by molar-refractivity contribution is 5.42. The number of aryl methyl sites for hydroxylation is 2. The van der Waals surface area contributed by atoms with E-state index >= 15 is 0 Å². The second-order valence-corrected chi connectivity index (χ2v) is 6.04. The Balaban J connectivity index is 1.82. The Morgan fingerprint density at radius 1 is 1.32 bits per heavy atom. The lowest BCUT2D eigenvalue weighted by Crippen LogP contribution is -2.38. The first-order valence-electron chi connectivity index (χ1n) is 7.52. The van der Waals surface area contributed by atoms with Gasteiger partial charge in [0.25, 0.3) is 0 Å². The molecule has 2 N–H and O–H groups in total. The van der Waals surface area contributed by atoms with Crippen LogP contribution in [0.2, 0.25) is 0 Å². The number of rotatable bonds is 2. The van der Waals surface area contributed by atoms with Gasteiger partial charge in [0.2, 0.25) is 0 Å². The molecule has 1 aromatic rings. The molecular weight excluding hydrogens is 236 g/mol. The van der Waals surface area contributed by atoms with Crippen LogP contribution in [-0.4, -0.2) is 29.1 Å². The zero-order valence-corrected chi connectivity index (χ0v) is 12.0. The van der Waals surface area contributed by atoms with Gasteiger partial charge in [0.1, 0.15) is 11.6 Å². The van der Waals surface area contributed by atoms with Crippen LogP contribution in [0.4, 0.5) is 5.82 Å². The maximum atomic E-state index is 6.29. The summed E-state index contributed by atoms with van der Waals surface area (Å²) >= 11 is 0. The maximum Gasteiger partial charge on any atom is 0.132 e. The smallest absolute Gasteiger partial charge is 0.132 e. The molecule has 1 saturated heterocycles. The van der Waals surface area contributed by atoms with E-state index in [1.807, 2.05) is 6.92 Å². The van der Waals surface area contributed by atoms with Crippen molar-refractivity contribution < 1.29 is 0 Å². The fourth-order valence-electron chi connectivity index (χ4n) is 3.66. The normalized spacial score (nSPS) is 30.5. The number of nitrogens with zero attached hydrogens (tertiary/aromatic N) is 3.